The number of carbonyl (C=O) groups is 1. The molecule has 1 atom stereocenters. The van der Waals surface area contributed by atoms with E-state index in [-0.39, 0.29) is 5.97 Å². The summed E-state index contributed by atoms with van der Waals surface area (Å²) in [7, 11) is 4.78. The summed E-state index contributed by atoms with van der Waals surface area (Å²) in [4.78, 5) is 12.4. The molecule has 0 bridgehead atoms. The van der Waals surface area contributed by atoms with Crippen molar-refractivity contribution in [1.29, 1.82) is 0 Å². The molecule has 25 heavy (non-hydrogen) atoms. The van der Waals surface area contributed by atoms with Crippen LogP contribution in [0.2, 0.25) is 0 Å². The van der Waals surface area contributed by atoms with Crippen LogP contribution in [0, 0.1) is 0 Å². The molecule has 130 valence electrons. The lowest BCUT2D eigenvalue weighted by atomic mass is 10.0. The van der Waals surface area contributed by atoms with Crippen molar-refractivity contribution in [2.75, 3.05) is 21.3 Å². The third-order valence-corrected chi connectivity index (χ3v) is 4.17. The molecule has 2 aromatic carbocycles. The quantitative estimate of drug-likeness (QED) is 0.756. The van der Waals surface area contributed by atoms with E-state index in [0.29, 0.717) is 17.8 Å². The molecule has 5 nitrogen and oxygen atoms in total. The Morgan fingerprint density at radius 2 is 1.40 bits per heavy atom. The molecule has 0 aliphatic carbocycles. The van der Waals surface area contributed by atoms with Gasteiger partial charge in [-0.1, -0.05) is 24.3 Å². The highest BCUT2D eigenvalue weighted by molar-refractivity contribution is 6.19. The van der Waals surface area contributed by atoms with Crippen molar-refractivity contribution in [1.82, 2.24) is 0 Å². The first kappa shape index (κ1) is 16.9. The summed E-state index contributed by atoms with van der Waals surface area (Å²) in [6, 6.07) is 14.9. The van der Waals surface area contributed by atoms with Crippen molar-refractivity contribution < 1.29 is 23.7 Å². The Bertz CT molecular complexity index is 775. The lowest BCUT2D eigenvalue weighted by Crippen LogP contribution is -2.16. The molecule has 2 aromatic rings. The standard InChI is InChI=1S/C20H20O5/c1-22-15-8-4-13(5-9-15)12-17-19(24-3)18(20(21)25-17)14-6-10-16(23-2)11-7-14/h4-11,17H,12H2,1-3H3. The molecule has 0 saturated carbocycles. The number of hydrogen-bond donors (Lipinski definition) is 0. The number of carbonyl (C=O) groups excluding carboxylic acids is 1. The van der Waals surface area contributed by atoms with Gasteiger partial charge in [0.15, 0.2) is 11.9 Å². The summed E-state index contributed by atoms with van der Waals surface area (Å²) in [5, 5.41) is 0. The molecule has 1 aliphatic heterocycles. The minimum absolute atomic E-state index is 0.375. The Morgan fingerprint density at radius 3 is 1.92 bits per heavy atom. The van der Waals surface area contributed by atoms with E-state index in [2.05, 4.69) is 0 Å². The monoisotopic (exact) mass is 340 g/mol. The number of methoxy groups -OCH3 is 3. The third kappa shape index (κ3) is 3.45. The van der Waals surface area contributed by atoms with Crippen LogP contribution in [0.15, 0.2) is 54.3 Å². The van der Waals surface area contributed by atoms with Gasteiger partial charge in [-0.15, -0.1) is 0 Å². The summed E-state index contributed by atoms with van der Waals surface area (Å²) >= 11 is 0. The largest absolute Gasteiger partial charge is 0.497 e. The first-order valence-corrected chi connectivity index (χ1v) is 7.92. The highest BCUT2D eigenvalue weighted by atomic mass is 16.6. The Kier molecular flexibility index (Phi) is 4.93. The second kappa shape index (κ2) is 7.30. The van der Waals surface area contributed by atoms with E-state index in [0.717, 1.165) is 22.6 Å². The summed E-state index contributed by atoms with van der Waals surface area (Å²) in [5.74, 6) is 1.68. The van der Waals surface area contributed by atoms with Gasteiger partial charge in [-0.2, -0.15) is 0 Å². The van der Waals surface area contributed by atoms with E-state index in [9.17, 15) is 4.79 Å². The van der Waals surface area contributed by atoms with Crippen LogP contribution < -0.4 is 9.47 Å². The summed E-state index contributed by atoms with van der Waals surface area (Å²) < 4.78 is 21.4. The van der Waals surface area contributed by atoms with Crippen molar-refractivity contribution in [3.8, 4) is 11.5 Å². The Balaban J connectivity index is 1.87. The maximum absolute atomic E-state index is 12.4. The normalized spacial score (nSPS) is 16.6. The minimum Gasteiger partial charge on any atom is -0.497 e. The number of hydrogen-bond acceptors (Lipinski definition) is 5. The smallest absolute Gasteiger partial charge is 0.343 e. The van der Waals surface area contributed by atoms with Gasteiger partial charge < -0.3 is 18.9 Å². The second-order valence-electron chi connectivity index (χ2n) is 5.62. The lowest BCUT2D eigenvalue weighted by Gasteiger charge is -2.13. The average molecular weight is 340 g/mol. The molecule has 0 radical (unpaired) electrons. The molecule has 1 unspecified atom stereocenters. The van der Waals surface area contributed by atoms with Crippen molar-refractivity contribution in [2.45, 2.75) is 12.5 Å². The maximum Gasteiger partial charge on any atom is 0.343 e. The molecule has 0 spiro atoms. The fraction of sp³-hybridized carbons (Fsp3) is 0.250. The van der Waals surface area contributed by atoms with Crippen molar-refractivity contribution in [2.24, 2.45) is 0 Å². The van der Waals surface area contributed by atoms with Gasteiger partial charge in [0.2, 0.25) is 0 Å². The van der Waals surface area contributed by atoms with Gasteiger partial charge in [-0.05, 0) is 35.4 Å². The second-order valence-corrected chi connectivity index (χ2v) is 5.62. The highest BCUT2D eigenvalue weighted by Gasteiger charge is 2.36. The number of ether oxygens (including phenoxy) is 4. The van der Waals surface area contributed by atoms with E-state index < -0.39 is 6.10 Å². The zero-order valence-electron chi connectivity index (χ0n) is 14.4. The van der Waals surface area contributed by atoms with Crippen LogP contribution in [0.25, 0.3) is 5.57 Å². The average Bonchev–Trinajstić information content (AvgIpc) is 2.97. The predicted molar refractivity (Wildman–Crippen MR) is 93.5 cm³/mol. The third-order valence-electron chi connectivity index (χ3n) is 4.17. The van der Waals surface area contributed by atoms with Crippen LogP contribution in [-0.2, 0) is 20.7 Å². The zero-order valence-corrected chi connectivity index (χ0v) is 14.4. The maximum atomic E-state index is 12.4. The van der Waals surface area contributed by atoms with Crippen LogP contribution in [-0.4, -0.2) is 33.4 Å². The fourth-order valence-corrected chi connectivity index (χ4v) is 2.86. The number of cyclic esters (lactones) is 1. The minimum atomic E-state index is -0.442. The van der Waals surface area contributed by atoms with Crippen LogP contribution >= 0.6 is 0 Å². The van der Waals surface area contributed by atoms with Gasteiger partial charge in [0.1, 0.15) is 17.1 Å². The van der Waals surface area contributed by atoms with Gasteiger partial charge in [0.25, 0.3) is 0 Å². The molecule has 0 N–H and O–H groups in total. The van der Waals surface area contributed by atoms with Gasteiger partial charge in [0.05, 0.1) is 21.3 Å². The summed E-state index contributed by atoms with van der Waals surface area (Å²) in [6.07, 6.45) is 0.0986. The Morgan fingerprint density at radius 1 is 0.840 bits per heavy atom. The molecule has 0 amide bonds. The number of rotatable bonds is 6. The van der Waals surface area contributed by atoms with Crippen LogP contribution in [0.3, 0.4) is 0 Å². The van der Waals surface area contributed by atoms with Crippen molar-refractivity contribution >= 4 is 11.5 Å². The highest BCUT2D eigenvalue weighted by Crippen LogP contribution is 2.33. The van der Waals surface area contributed by atoms with E-state index in [1.165, 1.54) is 0 Å². The molecule has 0 saturated heterocycles. The zero-order chi connectivity index (χ0) is 17.8. The van der Waals surface area contributed by atoms with E-state index in [1.54, 1.807) is 33.5 Å². The molecular formula is C20H20O5. The van der Waals surface area contributed by atoms with Crippen LogP contribution in [0.5, 0.6) is 11.5 Å². The lowest BCUT2D eigenvalue weighted by molar-refractivity contribution is -0.138. The van der Waals surface area contributed by atoms with Crippen LogP contribution in [0.4, 0.5) is 0 Å². The van der Waals surface area contributed by atoms with Crippen molar-refractivity contribution in [3.63, 3.8) is 0 Å². The topological polar surface area (TPSA) is 54.0 Å². The van der Waals surface area contributed by atoms with Gasteiger partial charge >= 0.3 is 5.97 Å². The van der Waals surface area contributed by atoms with Gasteiger partial charge in [-0.3, -0.25) is 0 Å². The van der Waals surface area contributed by atoms with Crippen molar-refractivity contribution in [3.05, 3.63) is 65.4 Å². The van der Waals surface area contributed by atoms with E-state index >= 15 is 0 Å². The molecular weight excluding hydrogens is 320 g/mol. The summed E-state index contributed by atoms with van der Waals surface area (Å²) in [5.41, 5.74) is 2.24. The van der Waals surface area contributed by atoms with Gasteiger partial charge in [-0.25, -0.2) is 4.79 Å². The molecule has 0 aromatic heterocycles. The SMILES string of the molecule is COC1=C(c2ccc(OC)cc2)C(=O)OC1Cc1ccc(OC)cc1. The van der Waals surface area contributed by atoms with Gasteiger partial charge in [0, 0.05) is 6.42 Å². The predicted octanol–water partition coefficient (Wildman–Crippen LogP) is 3.23. The Hall–Kier alpha value is -2.95. The number of esters is 1. The molecule has 3 rings (SSSR count). The number of benzene rings is 2. The molecule has 5 heteroatoms. The Labute approximate surface area is 146 Å². The molecule has 1 heterocycles. The molecule has 1 aliphatic rings. The molecule has 0 fully saturated rings. The van der Waals surface area contributed by atoms with E-state index in [1.807, 2.05) is 36.4 Å². The summed E-state index contributed by atoms with van der Waals surface area (Å²) in [6.45, 7) is 0. The van der Waals surface area contributed by atoms with Crippen LogP contribution in [0.1, 0.15) is 11.1 Å². The first-order valence-electron chi connectivity index (χ1n) is 7.92. The van der Waals surface area contributed by atoms with E-state index in [4.69, 9.17) is 18.9 Å². The fourth-order valence-electron chi connectivity index (χ4n) is 2.86. The first-order chi connectivity index (χ1) is 12.2.